The second kappa shape index (κ2) is 4.14. The van der Waals surface area contributed by atoms with Gasteiger partial charge in [0.1, 0.15) is 5.60 Å². The number of rotatable bonds is 2. The van der Waals surface area contributed by atoms with Crippen LogP contribution in [0.3, 0.4) is 0 Å². The number of nitrogens with one attached hydrogen (secondary N) is 1. The van der Waals surface area contributed by atoms with Crippen LogP contribution in [0.2, 0.25) is 0 Å². The zero-order valence-corrected chi connectivity index (χ0v) is 11.1. The molecular formula is C12H22N2O3. The molecule has 5 heteroatoms. The molecule has 0 aromatic heterocycles. The molecule has 0 unspecified atom stereocenters. The Balaban J connectivity index is 1.70. The molecule has 2 saturated heterocycles. The van der Waals surface area contributed by atoms with Crippen molar-refractivity contribution in [3.05, 3.63) is 0 Å². The van der Waals surface area contributed by atoms with Gasteiger partial charge in [-0.25, -0.2) is 4.79 Å². The van der Waals surface area contributed by atoms with Gasteiger partial charge in [0.05, 0.1) is 24.8 Å². The molecule has 2 aliphatic heterocycles. The standard InChI is InChI=1S/C12H22N2O3/c1-11(2,3)17-10(15)14-5-9(6-14)16-12(4)7-13-8-12/h9,13H,5-8H2,1-4H3. The van der Waals surface area contributed by atoms with Crippen molar-refractivity contribution >= 4 is 6.09 Å². The van der Waals surface area contributed by atoms with Crippen LogP contribution in [-0.2, 0) is 9.47 Å². The Bertz CT molecular complexity index is 301. The molecule has 0 atom stereocenters. The van der Waals surface area contributed by atoms with Gasteiger partial charge in [0, 0.05) is 13.1 Å². The first kappa shape index (κ1) is 12.6. The van der Waals surface area contributed by atoms with E-state index < -0.39 is 5.60 Å². The Labute approximate surface area is 102 Å². The largest absolute Gasteiger partial charge is 0.444 e. The molecule has 0 aliphatic carbocycles. The number of likely N-dealkylation sites (tertiary alicyclic amines) is 1. The summed E-state index contributed by atoms with van der Waals surface area (Å²) in [5.74, 6) is 0. The third-order valence-corrected chi connectivity index (χ3v) is 2.95. The molecule has 0 bridgehead atoms. The summed E-state index contributed by atoms with van der Waals surface area (Å²) in [6.45, 7) is 10.8. The SMILES string of the molecule is CC(C)(C)OC(=O)N1CC(OC2(C)CNC2)C1. The van der Waals surface area contributed by atoms with E-state index in [0.717, 1.165) is 13.1 Å². The van der Waals surface area contributed by atoms with Crippen molar-refractivity contribution in [2.75, 3.05) is 26.2 Å². The summed E-state index contributed by atoms with van der Waals surface area (Å²) in [6, 6.07) is 0. The zero-order valence-electron chi connectivity index (χ0n) is 11.1. The summed E-state index contributed by atoms with van der Waals surface area (Å²) in [7, 11) is 0. The minimum Gasteiger partial charge on any atom is -0.444 e. The lowest BCUT2D eigenvalue weighted by molar-refractivity contribution is -0.154. The van der Waals surface area contributed by atoms with Gasteiger partial charge in [-0.2, -0.15) is 0 Å². The third kappa shape index (κ3) is 3.10. The molecule has 0 aromatic carbocycles. The molecule has 5 nitrogen and oxygen atoms in total. The molecule has 1 amide bonds. The van der Waals surface area contributed by atoms with E-state index in [-0.39, 0.29) is 17.8 Å². The van der Waals surface area contributed by atoms with E-state index in [1.54, 1.807) is 4.90 Å². The van der Waals surface area contributed by atoms with Crippen LogP contribution in [0.5, 0.6) is 0 Å². The van der Waals surface area contributed by atoms with E-state index >= 15 is 0 Å². The Morgan fingerprint density at radius 1 is 1.35 bits per heavy atom. The highest BCUT2D eigenvalue weighted by Crippen LogP contribution is 2.24. The second-order valence-corrected chi connectivity index (χ2v) is 6.18. The summed E-state index contributed by atoms with van der Waals surface area (Å²) in [6.07, 6.45) is -0.0798. The lowest BCUT2D eigenvalue weighted by Gasteiger charge is -2.47. The highest BCUT2D eigenvalue weighted by molar-refractivity contribution is 5.69. The lowest BCUT2D eigenvalue weighted by atomic mass is 9.99. The average Bonchev–Trinajstić information content (AvgIpc) is 2.04. The molecule has 98 valence electrons. The molecule has 2 fully saturated rings. The van der Waals surface area contributed by atoms with Crippen molar-refractivity contribution in [2.24, 2.45) is 0 Å². The molecular weight excluding hydrogens is 220 g/mol. The fraction of sp³-hybridized carbons (Fsp3) is 0.917. The molecule has 2 aliphatic rings. The van der Waals surface area contributed by atoms with E-state index in [2.05, 4.69) is 12.2 Å². The van der Waals surface area contributed by atoms with Crippen molar-refractivity contribution in [3.63, 3.8) is 0 Å². The number of hydrogen-bond acceptors (Lipinski definition) is 4. The van der Waals surface area contributed by atoms with Crippen LogP contribution < -0.4 is 5.32 Å². The molecule has 0 saturated carbocycles. The maximum absolute atomic E-state index is 11.7. The quantitative estimate of drug-likeness (QED) is 0.784. The van der Waals surface area contributed by atoms with Crippen molar-refractivity contribution in [1.29, 1.82) is 0 Å². The predicted molar refractivity (Wildman–Crippen MR) is 64.0 cm³/mol. The molecule has 1 N–H and O–H groups in total. The van der Waals surface area contributed by atoms with E-state index in [4.69, 9.17) is 9.47 Å². The Morgan fingerprint density at radius 2 is 1.94 bits per heavy atom. The molecule has 2 rings (SSSR count). The monoisotopic (exact) mass is 242 g/mol. The number of carbonyl (C=O) groups is 1. The van der Waals surface area contributed by atoms with Crippen LogP contribution in [0.1, 0.15) is 27.7 Å². The number of ether oxygens (including phenoxy) is 2. The number of nitrogens with zero attached hydrogens (tertiary/aromatic N) is 1. The van der Waals surface area contributed by atoms with Gasteiger partial charge >= 0.3 is 6.09 Å². The summed E-state index contributed by atoms with van der Waals surface area (Å²) >= 11 is 0. The van der Waals surface area contributed by atoms with Gasteiger partial charge < -0.3 is 19.7 Å². The number of amides is 1. The van der Waals surface area contributed by atoms with Gasteiger partial charge in [0.15, 0.2) is 0 Å². The van der Waals surface area contributed by atoms with E-state index in [9.17, 15) is 4.79 Å². The summed E-state index contributed by atoms with van der Waals surface area (Å²) in [5.41, 5.74) is -0.461. The zero-order chi connectivity index (χ0) is 12.7. The normalized spacial score (nSPS) is 23.9. The highest BCUT2D eigenvalue weighted by atomic mass is 16.6. The topological polar surface area (TPSA) is 50.8 Å². The van der Waals surface area contributed by atoms with Gasteiger partial charge in [0.25, 0.3) is 0 Å². The van der Waals surface area contributed by atoms with Crippen molar-refractivity contribution < 1.29 is 14.3 Å². The molecule has 17 heavy (non-hydrogen) atoms. The van der Waals surface area contributed by atoms with Gasteiger partial charge in [-0.3, -0.25) is 0 Å². The minimum absolute atomic E-state index is 0.0370. The Kier molecular flexibility index (Phi) is 3.08. The first-order chi connectivity index (χ1) is 7.77. The number of hydrogen-bond donors (Lipinski definition) is 1. The van der Waals surface area contributed by atoms with Crippen LogP contribution in [0.25, 0.3) is 0 Å². The average molecular weight is 242 g/mol. The first-order valence-corrected chi connectivity index (χ1v) is 6.14. The van der Waals surface area contributed by atoms with E-state index in [1.807, 2.05) is 20.8 Å². The highest BCUT2D eigenvalue weighted by Gasteiger charge is 2.41. The van der Waals surface area contributed by atoms with Gasteiger partial charge in [-0.05, 0) is 27.7 Å². The Hall–Kier alpha value is -0.810. The molecule has 0 radical (unpaired) electrons. The van der Waals surface area contributed by atoms with Crippen LogP contribution in [-0.4, -0.2) is 54.5 Å². The first-order valence-electron chi connectivity index (χ1n) is 6.14. The van der Waals surface area contributed by atoms with E-state index in [1.165, 1.54) is 0 Å². The van der Waals surface area contributed by atoms with Crippen molar-refractivity contribution in [3.8, 4) is 0 Å². The van der Waals surface area contributed by atoms with Crippen LogP contribution >= 0.6 is 0 Å². The molecule has 2 heterocycles. The maximum atomic E-state index is 11.7. The predicted octanol–water partition coefficient (Wildman–Crippen LogP) is 0.984. The lowest BCUT2D eigenvalue weighted by Crippen LogP contribution is -2.65. The summed E-state index contributed by atoms with van der Waals surface area (Å²) < 4.78 is 11.2. The minimum atomic E-state index is -0.424. The van der Waals surface area contributed by atoms with Crippen LogP contribution in [0.15, 0.2) is 0 Å². The summed E-state index contributed by atoms with van der Waals surface area (Å²) in [5, 5.41) is 3.19. The van der Waals surface area contributed by atoms with Crippen molar-refractivity contribution in [1.82, 2.24) is 10.2 Å². The van der Waals surface area contributed by atoms with Crippen LogP contribution in [0.4, 0.5) is 4.79 Å². The summed E-state index contributed by atoms with van der Waals surface area (Å²) in [4.78, 5) is 13.4. The Morgan fingerprint density at radius 3 is 2.35 bits per heavy atom. The maximum Gasteiger partial charge on any atom is 0.410 e. The fourth-order valence-electron chi connectivity index (χ4n) is 1.95. The third-order valence-electron chi connectivity index (χ3n) is 2.95. The fourth-order valence-corrected chi connectivity index (χ4v) is 1.95. The second-order valence-electron chi connectivity index (χ2n) is 6.18. The molecule has 0 spiro atoms. The van der Waals surface area contributed by atoms with Gasteiger partial charge in [-0.1, -0.05) is 0 Å². The smallest absolute Gasteiger partial charge is 0.410 e. The molecule has 0 aromatic rings. The van der Waals surface area contributed by atoms with Crippen molar-refractivity contribution in [2.45, 2.75) is 45.0 Å². The van der Waals surface area contributed by atoms with E-state index in [0.29, 0.717) is 13.1 Å². The van der Waals surface area contributed by atoms with Gasteiger partial charge in [-0.15, -0.1) is 0 Å². The number of carbonyl (C=O) groups excluding carboxylic acids is 1. The van der Waals surface area contributed by atoms with Crippen LogP contribution in [0, 0.1) is 0 Å². The van der Waals surface area contributed by atoms with Gasteiger partial charge in [0.2, 0.25) is 0 Å².